The Kier molecular flexibility index (Phi) is 4.71. The molecule has 1 aromatic rings. The van der Waals surface area contributed by atoms with Crippen LogP contribution < -0.4 is 16.2 Å². The van der Waals surface area contributed by atoms with Crippen LogP contribution >= 0.6 is 0 Å². The first kappa shape index (κ1) is 16.3. The molecule has 0 saturated heterocycles. The van der Waals surface area contributed by atoms with Crippen molar-refractivity contribution in [2.45, 2.75) is 12.5 Å². The number of likely N-dealkylation sites (N-methyl/N-ethyl adjacent to an activating group) is 1. The topological polar surface area (TPSA) is 64.8 Å². The van der Waals surface area contributed by atoms with Crippen LogP contribution in [0.5, 0.6) is 0 Å². The van der Waals surface area contributed by atoms with Crippen LogP contribution in [0.15, 0.2) is 48.2 Å². The fourth-order valence-corrected chi connectivity index (χ4v) is 2.80. The highest BCUT2D eigenvalue weighted by Crippen LogP contribution is 2.23. The van der Waals surface area contributed by atoms with Gasteiger partial charge in [-0.15, -0.1) is 0 Å². The lowest BCUT2D eigenvalue weighted by Gasteiger charge is -2.26. The third kappa shape index (κ3) is 3.51. The van der Waals surface area contributed by atoms with Gasteiger partial charge in [0, 0.05) is 23.0 Å². The zero-order valence-corrected chi connectivity index (χ0v) is 14.0. The Hall–Kier alpha value is -2.53. The Morgan fingerprint density at radius 2 is 2.04 bits per heavy atom. The molecule has 1 aliphatic heterocycles. The highest BCUT2D eigenvalue weighted by Gasteiger charge is 2.23. The number of nitrogens with zero attached hydrogens (tertiary/aromatic N) is 1. The first-order valence-electron chi connectivity index (χ1n) is 7.99. The minimum Gasteiger partial charge on any atom is -0.485 e. The van der Waals surface area contributed by atoms with Gasteiger partial charge >= 0.3 is 5.97 Å². The number of rotatable bonds is 5. The van der Waals surface area contributed by atoms with Crippen LogP contribution in [0.3, 0.4) is 0 Å². The van der Waals surface area contributed by atoms with Crippen molar-refractivity contribution in [1.82, 2.24) is 4.90 Å². The van der Waals surface area contributed by atoms with Gasteiger partial charge in [0.05, 0.1) is 0 Å². The van der Waals surface area contributed by atoms with Crippen molar-refractivity contribution in [3.05, 3.63) is 58.6 Å². The number of nitrogens with two attached hydrogens (primary N) is 1. The number of esters is 1. The lowest BCUT2D eigenvalue weighted by molar-refractivity contribution is -0.143. The Morgan fingerprint density at radius 1 is 1.29 bits per heavy atom. The van der Waals surface area contributed by atoms with Crippen LogP contribution in [0.1, 0.15) is 6.42 Å². The van der Waals surface area contributed by atoms with E-state index in [-0.39, 0.29) is 18.5 Å². The van der Waals surface area contributed by atoms with Crippen molar-refractivity contribution in [3.63, 3.8) is 0 Å². The lowest BCUT2D eigenvalue weighted by atomic mass is 9.96. The average molecular weight is 326 g/mol. The van der Waals surface area contributed by atoms with E-state index in [0.717, 1.165) is 16.0 Å². The highest BCUT2D eigenvalue weighted by atomic mass is 16.5. The zero-order valence-electron chi connectivity index (χ0n) is 14.0. The highest BCUT2D eigenvalue weighted by molar-refractivity contribution is 5.80. The van der Waals surface area contributed by atoms with Crippen molar-refractivity contribution in [1.29, 1.82) is 0 Å². The van der Waals surface area contributed by atoms with Crippen LogP contribution in [-0.2, 0) is 14.3 Å². The van der Waals surface area contributed by atoms with E-state index < -0.39 is 0 Å². The van der Waals surface area contributed by atoms with Gasteiger partial charge in [-0.1, -0.05) is 24.3 Å². The number of hydrogen-bond acceptors (Lipinski definition) is 5. The number of allylic oxidation sites excluding steroid dienone is 1. The molecule has 2 N–H and O–H groups in total. The molecule has 0 radical (unpaired) electrons. The third-order valence-corrected chi connectivity index (χ3v) is 4.01. The molecule has 0 fully saturated rings. The summed E-state index contributed by atoms with van der Waals surface area (Å²) < 4.78 is 11.3. The summed E-state index contributed by atoms with van der Waals surface area (Å²) in [6.07, 6.45) is 5.58. The van der Waals surface area contributed by atoms with E-state index in [4.69, 9.17) is 15.2 Å². The number of benzene rings is 1. The second-order valence-electron chi connectivity index (χ2n) is 6.17. The van der Waals surface area contributed by atoms with E-state index in [1.54, 1.807) is 0 Å². The van der Waals surface area contributed by atoms with Gasteiger partial charge in [0.2, 0.25) is 0 Å². The van der Waals surface area contributed by atoms with Crippen LogP contribution in [0.4, 0.5) is 0 Å². The quantitative estimate of drug-likeness (QED) is 0.786. The van der Waals surface area contributed by atoms with Crippen LogP contribution in [0.2, 0.25) is 0 Å². The summed E-state index contributed by atoms with van der Waals surface area (Å²) in [4.78, 5) is 14.1. The average Bonchev–Trinajstić information content (AvgIpc) is 2.55. The van der Waals surface area contributed by atoms with Crippen LogP contribution in [-0.4, -0.2) is 44.2 Å². The van der Waals surface area contributed by atoms with Crippen LogP contribution in [0.25, 0.3) is 11.3 Å². The number of hydrogen-bond donors (Lipinski definition) is 1. The molecule has 0 saturated carbocycles. The van der Waals surface area contributed by atoms with Crippen molar-refractivity contribution < 1.29 is 14.3 Å². The van der Waals surface area contributed by atoms with E-state index in [9.17, 15) is 4.79 Å². The summed E-state index contributed by atoms with van der Waals surface area (Å²) in [7, 11) is 3.88. The first-order valence-corrected chi connectivity index (χ1v) is 7.99. The number of carbonyl (C=O) groups excluding carboxylic acids is 1. The number of fused-ring (bicyclic) bond motifs is 2. The largest absolute Gasteiger partial charge is 0.485 e. The van der Waals surface area contributed by atoms with E-state index in [1.807, 2.05) is 61.5 Å². The van der Waals surface area contributed by atoms with Crippen molar-refractivity contribution in [3.8, 4) is 0 Å². The molecule has 1 atom stereocenters. The summed E-state index contributed by atoms with van der Waals surface area (Å²) in [6.45, 7) is 1.08. The van der Waals surface area contributed by atoms with E-state index in [2.05, 4.69) is 0 Å². The van der Waals surface area contributed by atoms with Gasteiger partial charge in [-0.05, 0) is 37.5 Å². The van der Waals surface area contributed by atoms with Crippen LogP contribution in [0, 0.1) is 0 Å². The minimum atomic E-state index is -0.278. The van der Waals surface area contributed by atoms with E-state index in [1.165, 1.54) is 0 Å². The summed E-state index contributed by atoms with van der Waals surface area (Å²) in [5, 5.41) is 1.98. The van der Waals surface area contributed by atoms with Crippen molar-refractivity contribution in [2.24, 2.45) is 5.73 Å². The molecule has 24 heavy (non-hydrogen) atoms. The molecule has 1 unspecified atom stereocenters. The molecule has 5 heteroatoms. The lowest BCUT2D eigenvalue weighted by Crippen LogP contribution is -2.39. The van der Waals surface area contributed by atoms with Crippen molar-refractivity contribution >= 4 is 17.3 Å². The van der Waals surface area contributed by atoms with Gasteiger partial charge in [0.1, 0.15) is 24.9 Å². The first-order chi connectivity index (χ1) is 11.5. The SMILES string of the molecule is CN(C)CCOC(=O)CC1=c2ccccc2=C2C=C(N)C=CC2O1. The maximum atomic E-state index is 12.1. The molecule has 3 rings (SSSR count). The third-order valence-electron chi connectivity index (χ3n) is 4.01. The Bertz CT molecular complexity index is 821. The Labute approximate surface area is 141 Å². The zero-order chi connectivity index (χ0) is 17.1. The smallest absolute Gasteiger partial charge is 0.313 e. The van der Waals surface area contributed by atoms with Gasteiger partial charge in [-0.25, -0.2) is 0 Å². The summed E-state index contributed by atoms with van der Waals surface area (Å²) in [5.41, 5.74) is 7.63. The van der Waals surface area contributed by atoms with Gasteiger partial charge in [-0.2, -0.15) is 0 Å². The fourth-order valence-electron chi connectivity index (χ4n) is 2.80. The van der Waals surface area contributed by atoms with Crippen molar-refractivity contribution in [2.75, 3.05) is 27.2 Å². The second-order valence-corrected chi connectivity index (χ2v) is 6.17. The summed E-state index contributed by atoms with van der Waals surface area (Å²) in [6, 6.07) is 7.90. The molecule has 2 aliphatic rings. The molecular weight excluding hydrogens is 304 g/mol. The molecule has 1 aromatic carbocycles. The normalized spacial score (nSPS) is 18.6. The molecule has 1 heterocycles. The molecule has 0 bridgehead atoms. The number of carbonyl (C=O) groups is 1. The second kappa shape index (κ2) is 6.93. The van der Waals surface area contributed by atoms with Gasteiger partial charge in [0.15, 0.2) is 0 Å². The summed E-state index contributed by atoms with van der Waals surface area (Å²) >= 11 is 0. The molecule has 5 nitrogen and oxygen atoms in total. The maximum Gasteiger partial charge on any atom is 0.313 e. The fraction of sp³-hybridized carbons (Fsp3) is 0.316. The molecule has 0 spiro atoms. The molecule has 0 aromatic heterocycles. The summed E-state index contributed by atoms with van der Waals surface area (Å²) in [5.74, 6) is 0.368. The molecule has 1 aliphatic carbocycles. The minimum absolute atomic E-state index is 0.126. The van der Waals surface area contributed by atoms with Gasteiger partial charge in [-0.3, -0.25) is 4.79 Å². The molecule has 0 amide bonds. The number of ether oxygens (including phenoxy) is 2. The van der Waals surface area contributed by atoms with Gasteiger partial charge < -0.3 is 20.1 Å². The maximum absolute atomic E-state index is 12.1. The molecule has 126 valence electrons. The predicted molar refractivity (Wildman–Crippen MR) is 92.9 cm³/mol. The van der Waals surface area contributed by atoms with E-state index >= 15 is 0 Å². The monoisotopic (exact) mass is 326 g/mol. The Morgan fingerprint density at radius 3 is 2.79 bits per heavy atom. The standard InChI is InChI=1S/C19H22N2O3/c1-21(2)9-10-23-19(22)12-18-15-6-4-3-5-14(15)16-11-13(20)7-8-17(16)24-18/h3-8,11,17H,9-10,12,20H2,1-2H3. The Balaban J connectivity index is 1.90. The van der Waals surface area contributed by atoms with Gasteiger partial charge in [0.25, 0.3) is 0 Å². The van der Waals surface area contributed by atoms with E-state index in [0.29, 0.717) is 24.6 Å². The predicted octanol–water partition coefficient (Wildman–Crippen LogP) is 0.252. The molecular formula is C19H22N2O3.